The van der Waals surface area contributed by atoms with Crippen molar-refractivity contribution >= 4 is 0 Å². The van der Waals surface area contributed by atoms with Gasteiger partial charge in [-0.05, 0) is 59.2 Å². The Morgan fingerprint density at radius 1 is 1.39 bits per heavy atom. The SMILES string of the molecule is CN1CCCC1CN(C)C1CCCC(N)(CO)C1. The molecule has 0 aromatic heterocycles. The van der Waals surface area contributed by atoms with Crippen LogP contribution in [0, 0.1) is 0 Å². The van der Waals surface area contributed by atoms with Gasteiger partial charge >= 0.3 is 0 Å². The molecule has 18 heavy (non-hydrogen) atoms. The maximum atomic E-state index is 9.42. The molecule has 3 atom stereocenters. The van der Waals surface area contributed by atoms with E-state index in [0.29, 0.717) is 12.1 Å². The first kappa shape index (κ1) is 14.3. The van der Waals surface area contributed by atoms with Crippen molar-refractivity contribution in [1.29, 1.82) is 0 Å². The second kappa shape index (κ2) is 5.87. The Morgan fingerprint density at radius 2 is 2.17 bits per heavy atom. The molecule has 1 aliphatic carbocycles. The topological polar surface area (TPSA) is 52.7 Å². The number of aliphatic hydroxyl groups excluding tert-OH is 1. The molecule has 2 fully saturated rings. The lowest BCUT2D eigenvalue weighted by atomic mass is 9.79. The first-order chi connectivity index (χ1) is 8.54. The molecule has 0 spiro atoms. The molecule has 4 nitrogen and oxygen atoms in total. The molecule has 0 aromatic carbocycles. The lowest BCUT2D eigenvalue weighted by molar-refractivity contribution is 0.0826. The average molecular weight is 255 g/mol. The van der Waals surface area contributed by atoms with Crippen molar-refractivity contribution < 1.29 is 5.11 Å². The number of likely N-dealkylation sites (tertiary alicyclic amines) is 1. The van der Waals surface area contributed by atoms with Crippen LogP contribution < -0.4 is 5.73 Å². The minimum absolute atomic E-state index is 0.126. The van der Waals surface area contributed by atoms with Crippen LogP contribution in [-0.4, -0.2) is 66.3 Å². The molecule has 3 unspecified atom stereocenters. The highest BCUT2D eigenvalue weighted by atomic mass is 16.3. The Bertz CT molecular complexity index is 274. The Labute approximate surface area is 111 Å². The van der Waals surface area contributed by atoms with Crippen LogP contribution in [0.1, 0.15) is 38.5 Å². The monoisotopic (exact) mass is 255 g/mol. The van der Waals surface area contributed by atoms with Gasteiger partial charge < -0.3 is 20.6 Å². The summed E-state index contributed by atoms with van der Waals surface area (Å²) in [5.74, 6) is 0. The van der Waals surface area contributed by atoms with Crippen LogP contribution in [-0.2, 0) is 0 Å². The highest BCUT2D eigenvalue weighted by Gasteiger charge is 2.35. The molecule has 1 saturated carbocycles. The number of hydrogen-bond donors (Lipinski definition) is 2. The molecule has 4 heteroatoms. The van der Waals surface area contributed by atoms with E-state index >= 15 is 0 Å². The number of nitrogens with zero attached hydrogens (tertiary/aromatic N) is 2. The van der Waals surface area contributed by atoms with Gasteiger partial charge in [0.2, 0.25) is 0 Å². The zero-order valence-corrected chi connectivity index (χ0v) is 11.9. The molecular weight excluding hydrogens is 226 g/mol. The van der Waals surface area contributed by atoms with Crippen LogP contribution in [0.15, 0.2) is 0 Å². The van der Waals surface area contributed by atoms with Gasteiger partial charge in [0.1, 0.15) is 0 Å². The van der Waals surface area contributed by atoms with Gasteiger partial charge in [-0.15, -0.1) is 0 Å². The maximum Gasteiger partial charge on any atom is 0.0611 e. The predicted octanol–water partition coefficient (Wildman–Crippen LogP) is 0.645. The molecule has 106 valence electrons. The minimum Gasteiger partial charge on any atom is -0.394 e. The second-order valence-corrected chi connectivity index (χ2v) is 6.49. The summed E-state index contributed by atoms with van der Waals surface area (Å²) in [4.78, 5) is 4.95. The summed E-state index contributed by atoms with van der Waals surface area (Å²) in [5, 5.41) is 9.42. The summed E-state index contributed by atoms with van der Waals surface area (Å²) in [7, 11) is 4.45. The van der Waals surface area contributed by atoms with Crippen molar-refractivity contribution in [2.75, 3.05) is 33.8 Å². The van der Waals surface area contributed by atoms with Crippen LogP contribution in [0.3, 0.4) is 0 Å². The third-order valence-electron chi connectivity index (χ3n) is 4.96. The summed E-state index contributed by atoms with van der Waals surface area (Å²) in [5.41, 5.74) is 5.90. The first-order valence-electron chi connectivity index (χ1n) is 7.34. The third kappa shape index (κ3) is 3.23. The van der Waals surface area contributed by atoms with Crippen molar-refractivity contribution in [2.45, 2.75) is 56.1 Å². The van der Waals surface area contributed by atoms with Gasteiger partial charge in [0.05, 0.1) is 6.61 Å². The number of rotatable bonds is 4. The molecular formula is C14H29N3O. The molecule has 1 saturated heterocycles. The molecule has 2 rings (SSSR count). The van der Waals surface area contributed by atoms with E-state index in [4.69, 9.17) is 5.73 Å². The molecule has 0 bridgehead atoms. The summed E-state index contributed by atoms with van der Waals surface area (Å²) in [6, 6.07) is 1.25. The molecule has 2 aliphatic rings. The predicted molar refractivity (Wildman–Crippen MR) is 74.5 cm³/mol. The van der Waals surface area contributed by atoms with Crippen molar-refractivity contribution in [1.82, 2.24) is 9.80 Å². The Hall–Kier alpha value is -0.160. The first-order valence-corrected chi connectivity index (χ1v) is 7.34. The number of likely N-dealkylation sites (N-methyl/N-ethyl adjacent to an activating group) is 2. The highest BCUT2D eigenvalue weighted by molar-refractivity contribution is 4.94. The Kier molecular flexibility index (Phi) is 4.64. The van der Waals surface area contributed by atoms with Crippen LogP contribution in [0.25, 0.3) is 0 Å². The van der Waals surface area contributed by atoms with Gasteiger partial charge in [0.15, 0.2) is 0 Å². The zero-order chi connectivity index (χ0) is 13.2. The molecule has 0 amide bonds. The van der Waals surface area contributed by atoms with Crippen molar-refractivity contribution in [3.63, 3.8) is 0 Å². The van der Waals surface area contributed by atoms with E-state index in [1.165, 1.54) is 25.8 Å². The summed E-state index contributed by atoms with van der Waals surface area (Å²) < 4.78 is 0. The Balaban J connectivity index is 1.86. The van der Waals surface area contributed by atoms with Crippen molar-refractivity contribution in [3.8, 4) is 0 Å². The van der Waals surface area contributed by atoms with Gasteiger partial charge in [-0.1, -0.05) is 0 Å². The lowest BCUT2D eigenvalue weighted by Crippen LogP contribution is -2.53. The fourth-order valence-electron chi connectivity index (χ4n) is 3.57. The van der Waals surface area contributed by atoms with Crippen molar-refractivity contribution in [3.05, 3.63) is 0 Å². The number of nitrogens with two attached hydrogens (primary N) is 1. The smallest absolute Gasteiger partial charge is 0.0611 e. The van der Waals surface area contributed by atoms with Crippen LogP contribution >= 0.6 is 0 Å². The molecule has 3 N–H and O–H groups in total. The van der Waals surface area contributed by atoms with Gasteiger partial charge in [-0.3, -0.25) is 0 Å². The van der Waals surface area contributed by atoms with E-state index in [0.717, 1.165) is 25.8 Å². The van der Waals surface area contributed by atoms with E-state index in [1.54, 1.807) is 0 Å². The van der Waals surface area contributed by atoms with E-state index in [2.05, 4.69) is 23.9 Å². The maximum absolute atomic E-state index is 9.42. The van der Waals surface area contributed by atoms with Crippen LogP contribution in [0.2, 0.25) is 0 Å². The minimum atomic E-state index is -0.335. The van der Waals surface area contributed by atoms with Crippen molar-refractivity contribution in [2.24, 2.45) is 5.73 Å². The Morgan fingerprint density at radius 3 is 2.78 bits per heavy atom. The fraction of sp³-hybridized carbons (Fsp3) is 1.00. The lowest BCUT2D eigenvalue weighted by Gasteiger charge is -2.41. The van der Waals surface area contributed by atoms with E-state index in [9.17, 15) is 5.11 Å². The van der Waals surface area contributed by atoms with Crippen LogP contribution in [0.5, 0.6) is 0 Å². The zero-order valence-electron chi connectivity index (χ0n) is 11.9. The van der Waals surface area contributed by atoms with Crippen LogP contribution in [0.4, 0.5) is 0 Å². The molecule has 0 radical (unpaired) electrons. The number of hydrogen-bond acceptors (Lipinski definition) is 4. The van der Waals surface area contributed by atoms with Gasteiger partial charge in [-0.2, -0.15) is 0 Å². The normalized spacial score (nSPS) is 38.5. The van der Waals surface area contributed by atoms with E-state index < -0.39 is 0 Å². The highest BCUT2D eigenvalue weighted by Crippen LogP contribution is 2.29. The molecule has 1 heterocycles. The molecule has 1 aliphatic heterocycles. The van der Waals surface area contributed by atoms with Gasteiger partial charge in [0.25, 0.3) is 0 Å². The third-order valence-corrected chi connectivity index (χ3v) is 4.96. The molecule has 0 aromatic rings. The second-order valence-electron chi connectivity index (χ2n) is 6.49. The van der Waals surface area contributed by atoms with Gasteiger partial charge in [-0.25, -0.2) is 0 Å². The van der Waals surface area contributed by atoms with E-state index in [-0.39, 0.29) is 12.1 Å². The van der Waals surface area contributed by atoms with E-state index in [1.807, 2.05) is 0 Å². The largest absolute Gasteiger partial charge is 0.394 e. The number of aliphatic hydroxyl groups is 1. The summed E-state index contributed by atoms with van der Waals surface area (Å²) in [6.07, 6.45) is 6.94. The summed E-state index contributed by atoms with van der Waals surface area (Å²) >= 11 is 0. The summed E-state index contributed by atoms with van der Waals surface area (Å²) in [6.45, 7) is 2.50. The van der Waals surface area contributed by atoms with Gasteiger partial charge in [0, 0.05) is 24.2 Å². The quantitative estimate of drug-likeness (QED) is 0.774. The average Bonchev–Trinajstić information content (AvgIpc) is 2.75. The fourth-order valence-corrected chi connectivity index (χ4v) is 3.57. The standard InChI is InChI=1S/C14H29N3O/c1-16-8-4-6-13(16)10-17(2)12-5-3-7-14(15,9-12)11-18/h12-13,18H,3-11,15H2,1-2H3.